The summed E-state index contributed by atoms with van der Waals surface area (Å²) in [5, 5.41) is 10.3. The van der Waals surface area contributed by atoms with Gasteiger partial charge in [-0.15, -0.1) is 0 Å². The third-order valence-electron chi connectivity index (χ3n) is 9.49. The number of rotatable bonds is 7. The minimum atomic E-state index is -0.587. The molecule has 10 nitrogen and oxygen atoms in total. The maximum atomic E-state index is 14.3. The van der Waals surface area contributed by atoms with Gasteiger partial charge in [-0.25, -0.2) is 4.79 Å². The van der Waals surface area contributed by atoms with Crippen LogP contribution < -0.4 is 4.90 Å². The topological polar surface area (TPSA) is 98.7 Å². The van der Waals surface area contributed by atoms with E-state index in [0.717, 1.165) is 35.6 Å². The number of aliphatic hydroxyl groups excluding tert-OH is 1. The van der Waals surface area contributed by atoms with Gasteiger partial charge in [-0.2, -0.15) is 0 Å². The van der Waals surface area contributed by atoms with Crippen molar-refractivity contribution in [1.82, 2.24) is 19.7 Å². The van der Waals surface area contributed by atoms with Gasteiger partial charge in [0.25, 0.3) is 0 Å². The molecule has 0 saturated carbocycles. The number of carbonyl (C=O) groups is 2. The fraction of sp³-hybridized carbons (Fsp3) is 0.639. The molecule has 3 aliphatic heterocycles. The average molecular weight is 636 g/mol. The van der Waals surface area contributed by atoms with E-state index in [1.165, 1.54) is 5.56 Å². The van der Waals surface area contributed by atoms with Crippen molar-refractivity contribution in [3.8, 4) is 0 Å². The quantitative estimate of drug-likeness (QED) is 0.485. The summed E-state index contributed by atoms with van der Waals surface area (Å²) in [6.07, 6.45) is 0.316. The highest BCUT2D eigenvalue weighted by Crippen LogP contribution is 2.41. The Morgan fingerprint density at radius 1 is 1.09 bits per heavy atom. The number of morpholine rings is 1. The van der Waals surface area contributed by atoms with Crippen molar-refractivity contribution in [3.05, 3.63) is 58.4 Å². The van der Waals surface area contributed by atoms with Crippen LogP contribution >= 0.6 is 0 Å². The Morgan fingerprint density at radius 3 is 2.46 bits per heavy atom. The lowest BCUT2D eigenvalue weighted by molar-refractivity contribution is -0.121. The van der Waals surface area contributed by atoms with Gasteiger partial charge in [0.05, 0.1) is 43.4 Å². The number of benzene rings is 1. The standard InChI is InChI=1S/C36H53N5O5/c1-24-9-11-27(12-10-24)15-28-16-31-33(37-30(28)21-42)36(7,8)23-41(31)32(43)20-39-17-25(2)40(34(44)46-35(4,5)6)19-29(39)18-38-13-14-45-22-26(38)3/h9-12,16,25-26,29,42H,13-15,17-23H2,1-8H3/t25-,26-,29+/m1/s1. The largest absolute Gasteiger partial charge is 0.444 e. The van der Waals surface area contributed by atoms with Gasteiger partial charge in [-0.1, -0.05) is 43.7 Å². The van der Waals surface area contributed by atoms with Crippen molar-refractivity contribution in [3.63, 3.8) is 0 Å². The highest BCUT2D eigenvalue weighted by atomic mass is 16.6. The fourth-order valence-electron chi connectivity index (χ4n) is 6.89. The average Bonchev–Trinajstić information content (AvgIpc) is 3.24. The summed E-state index contributed by atoms with van der Waals surface area (Å²) in [6, 6.07) is 10.5. The molecule has 252 valence electrons. The second-order valence-corrected chi connectivity index (χ2v) is 15.1. The highest BCUT2D eigenvalue weighted by Gasteiger charge is 2.43. The van der Waals surface area contributed by atoms with Gasteiger partial charge < -0.3 is 24.4 Å². The molecule has 1 aromatic heterocycles. The maximum absolute atomic E-state index is 14.3. The molecule has 1 N–H and O–H groups in total. The number of anilines is 1. The van der Waals surface area contributed by atoms with E-state index in [1.54, 1.807) is 0 Å². The number of hydrogen-bond donors (Lipinski definition) is 1. The molecule has 1 aromatic carbocycles. The number of amides is 2. The number of fused-ring (bicyclic) bond motifs is 1. The van der Waals surface area contributed by atoms with Crippen molar-refractivity contribution in [2.24, 2.45) is 0 Å². The highest BCUT2D eigenvalue weighted by molar-refractivity contribution is 5.97. The molecule has 0 radical (unpaired) electrons. The number of nitrogens with zero attached hydrogens (tertiary/aromatic N) is 5. The van der Waals surface area contributed by atoms with Crippen LogP contribution in [-0.4, -0.2) is 113 Å². The zero-order valence-corrected chi connectivity index (χ0v) is 29.0. The Balaban J connectivity index is 1.40. The predicted molar refractivity (Wildman–Crippen MR) is 179 cm³/mol. The van der Waals surface area contributed by atoms with Crippen LogP contribution in [0, 0.1) is 6.92 Å². The number of carbonyl (C=O) groups excluding carboxylic acids is 2. The van der Waals surface area contributed by atoms with Crippen LogP contribution in [0.4, 0.5) is 10.5 Å². The Bertz CT molecular complexity index is 1400. The van der Waals surface area contributed by atoms with Crippen molar-refractivity contribution in [2.45, 2.75) is 97.6 Å². The summed E-state index contributed by atoms with van der Waals surface area (Å²) >= 11 is 0. The number of aliphatic hydroxyl groups is 1. The summed E-state index contributed by atoms with van der Waals surface area (Å²) in [7, 11) is 0. The Hall–Kier alpha value is -3.05. The molecule has 2 aromatic rings. The molecule has 3 atom stereocenters. The van der Waals surface area contributed by atoms with E-state index in [1.807, 2.05) is 37.5 Å². The molecule has 2 fully saturated rings. The predicted octanol–water partition coefficient (Wildman–Crippen LogP) is 4.13. The Morgan fingerprint density at radius 2 is 1.80 bits per heavy atom. The molecule has 46 heavy (non-hydrogen) atoms. The van der Waals surface area contributed by atoms with Crippen molar-refractivity contribution in [1.29, 1.82) is 0 Å². The molecule has 0 aliphatic carbocycles. The summed E-state index contributed by atoms with van der Waals surface area (Å²) in [6.45, 7) is 20.7. The van der Waals surface area contributed by atoms with Crippen LogP contribution in [0.25, 0.3) is 0 Å². The number of hydrogen-bond acceptors (Lipinski definition) is 8. The normalized spacial score (nSPS) is 23.8. The van der Waals surface area contributed by atoms with E-state index >= 15 is 0 Å². The molecule has 0 spiro atoms. The smallest absolute Gasteiger partial charge is 0.410 e. The van der Waals surface area contributed by atoms with Gasteiger partial charge in [0, 0.05) is 56.3 Å². The zero-order chi connectivity index (χ0) is 33.4. The molecular weight excluding hydrogens is 582 g/mol. The van der Waals surface area contributed by atoms with E-state index in [9.17, 15) is 14.7 Å². The summed E-state index contributed by atoms with van der Waals surface area (Å²) in [5.74, 6) is 0.0182. The maximum Gasteiger partial charge on any atom is 0.410 e. The molecule has 0 unspecified atom stereocenters. The number of piperazine rings is 1. The summed E-state index contributed by atoms with van der Waals surface area (Å²) < 4.78 is 11.5. The first-order chi connectivity index (χ1) is 21.6. The zero-order valence-electron chi connectivity index (χ0n) is 29.0. The second-order valence-electron chi connectivity index (χ2n) is 15.1. The van der Waals surface area contributed by atoms with E-state index < -0.39 is 5.60 Å². The van der Waals surface area contributed by atoms with Crippen LogP contribution in [0.5, 0.6) is 0 Å². The molecule has 5 rings (SSSR count). The van der Waals surface area contributed by atoms with Crippen LogP contribution in [0.1, 0.15) is 76.5 Å². The van der Waals surface area contributed by atoms with Gasteiger partial charge in [0.1, 0.15) is 5.60 Å². The van der Waals surface area contributed by atoms with Crippen LogP contribution in [0.15, 0.2) is 30.3 Å². The van der Waals surface area contributed by atoms with E-state index in [4.69, 9.17) is 14.5 Å². The van der Waals surface area contributed by atoms with Gasteiger partial charge in [-0.3, -0.25) is 19.6 Å². The van der Waals surface area contributed by atoms with E-state index in [2.05, 4.69) is 67.8 Å². The lowest BCUT2D eigenvalue weighted by Crippen LogP contribution is -2.64. The van der Waals surface area contributed by atoms with Crippen LogP contribution in [0.3, 0.4) is 0 Å². The number of aromatic nitrogens is 1. The van der Waals surface area contributed by atoms with Gasteiger partial charge in [0.2, 0.25) is 5.91 Å². The molecule has 4 heterocycles. The molecule has 3 aliphatic rings. The number of aryl methyl sites for hydroxylation is 1. The minimum absolute atomic E-state index is 0.0182. The summed E-state index contributed by atoms with van der Waals surface area (Å²) in [4.78, 5) is 40.9. The molecule has 0 bridgehead atoms. The van der Waals surface area contributed by atoms with Gasteiger partial charge in [-0.05, 0) is 65.2 Å². The number of pyridine rings is 1. The fourth-order valence-corrected chi connectivity index (χ4v) is 6.89. The monoisotopic (exact) mass is 635 g/mol. The van der Waals surface area contributed by atoms with Crippen molar-refractivity contribution < 1.29 is 24.2 Å². The second kappa shape index (κ2) is 13.6. The SMILES string of the molecule is Cc1ccc(Cc2cc3c(nc2CO)C(C)(C)CN3C(=O)CN2C[C@@H](C)N(C(=O)OC(C)(C)C)C[C@@H]2CN2CCOC[C@H]2C)cc1. The first kappa shape index (κ1) is 34.3. The number of ether oxygens (including phenoxy) is 2. The van der Waals surface area contributed by atoms with Gasteiger partial charge in [0.15, 0.2) is 0 Å². The van der Waals surface area contributed by atoms with E-state index in [0.29, 0.717) is 45.0 Å². The first-order valence-corrected chi connectivity index (χ1v) is 16.7. The van der Waals surface area contributed by atoms with Crippen molar-refractivity contribution in [2.75, 3.05) is 57.4 Å². The third-order valence-corrected chi connectivity index (χ3v) is 9.49. The van der Waals surface area contributed by atoms with Gasteiger partial charge >= 0.3 is 6.09 Å². The summed E-state index contributed by atoms with van der Waals surface area (Å²) in [5.41, 5.74) is 4.65. The third kappa shape index (κ3) is 7.73. The molecule has 2 saturated heterocycles. The molecule has 2 amide bonds. The lowest BCUT2D eigenvalue weighted by atomic mass is 9.90. The minimum Gasteiger partial charge on any atom is -0.444 e. The molecular formula is C36H53N5O5. The van der Waals surface area contributed by atoms with Crippen LogP contribution in [0.2, 0.25) is 0 Å². The Kier molecular flexibility index (Phi) is 10.1. The van der Waals surface area contributed by atoms with E-state index in [-0.39, 0.29) is 48.7 Å². The van der Waals surface area contributed by atoms with Crippen LogP contribution in [-0.2, 0) is 32.7 Å². The molecule has 10 heteroatoms. The van der Waals surface area contributed by atoms with Crippen molar-refractivity contribution >= 4 is 17.7 Å². The first-order valence-electron chi connectivity index (χ1n) is 16.7. The Labute approximate surface area is 274 Å². The lowest BCUT2D eigenvalue weighted by Gasteiger charge is -2.47.